The number of benzene rings is 1. The van der Waals surface area contributed by atoms with Crippen molar-refractivity contribution in [3.8, 4) is 0 Å². The molecule has 5 nitrogen and oxygen atoms in total. The summed E-state index contributed by atoms with van der Waals surface area (Å²) in [5, 5.41) is 11.0. The topological polar surface area (TPSA) is 56.9 Å². The van der Waals surface area contributed by atoms with Gasteiger partial charge in [0.15, 0.2) is 5.76 Å². The maximum atomic E-state index is 12.7. The monoisotopic (exact) mass is 328 g/mol. The van der Waals surface area contributed by atoms with Crippen molar-refractivity contribution in [3.63, 3.8) is 0 Å². The highest BCUT2D eigenvalue weighted by Gasteiger charge is 2.33. The molecule has 24 heavy (non-hydrogen) atoms. The van der Waals surface area contributed by atoms with Crippen molar-refractivity contribution in [2.24, 2.45) is 0 Å². The maximum absolute atomic E-state index is 12.7. The summed E-state index contributed by atoms with van der Waals surface area (Å²) in [6, 6.07) is 8.07. The molecule has 2 heterocycles. The normalized spacial score (nSPS) is 25.5. The molecule has 0 radical (unpaired) electrons. The van der Waals surface area contributed by atoms with Gasteiger partial charge in [0.1, 0.15) is 5.58 Å². The Morgan fingerprint density at radius 2 is 1.96 bits per heavy atom. The molecule has 1 amide bonds. The van der Waals surface area contributed by atoms with Gasteiger partial charge in [0.05, 0.1) is 6.10 Å². The van der Waals surface area contributed by atoms with Crippen LogP contribution in [0.15, 0.2) is 28.7 Å². The molecule has 1 aromatic heterocycles. The van der Waals surface area contributed by atoms with E-state index >= 15 is 0 Å². The van der Waals surface area contributed by atoms with Crippen molar-refractivity contribution in [2.45, 2.75) is 38.3 Å². The molecule has 0 unspecified atom stereocenters. The maximum Gasteiger partial charge on any atom is 0.289 e. The number of fused-ring (bicyclic) bond motifs is 1. The molecule has 1 aromatic carbocycles. The number of nitrogens with zero attached hydrogens (tertiary/aromatic N) is 2. The SMILES string of the molecule is Cc1ccc2oc(C(=O)N3CCN([C@@H]4CCC[C@H]4O)CC3)cc2c1. The molecule has 2 aliphatic rings. The lowest BCUT2D eigenvalue weighted by Crippen LogP contribution is -2.53. The lowest BCUT2D eigenvalue weighted by molar-refractivity contribution is 0.0303. The largest absolute Gasteiger partial charge is 0.451 e. The lowest BCUT2D eigenvalue weighted by atomic mass is 10.1. The summed E-state index contributed by atoms with van der Waals surface area (Å²) in [4.78, 5) is 16.9. The van der Waals surface area contributed by atoms with E-state index in [-0.39, 0.29) is 18.1 Å². The summed E-state index contributed by atoms with van der Waals surface area (Å²) in [6.07, 6.45) is 2.87. The van der Waals surface area contributed by atoms with Crippen LogP contribution in [-0.2, 0) is 0 Å². The second-order valence-electron chi connectivity index (χ2n) is 7.05. The molecule has 1 aliphatic carbocycles. The van der Waals surface area contributed by atoms with Gasteiger partial charge in [0.25, 0.3) is 5.91 Å². The van der Waals surface area contributed by atoms with E-state index < -0.39 is 0 Å². The molecule has 4 rings (SSSR count). The van der Waals surface area contributed by atoms with Gasteiger partial charge in [0.2, 0.25) is 0 Å². The van der Waals surface area contributed by atoms with Crippen molar-refractivity contribution in [3.05, 3.63) is 35.6 Å². The minimum Gasteiger partial charge on any atom is -0.451 e. The van der Waals surface area contributed by atoms with Crippen LogP contribution in [0.25, 0.3) is 11.0 Å². The van der Waals surface area contributed by atoms with Gasteiger partial charge in [-0.3, -0.25) is 9.69 Å². The molecule has 1 N–H and O–H groups in total. The number of hydrogen-bond acceptors (Lipinski definition) is 4. The highest BCUT2D eigenvalue weighted by atomic mass is 16.3. The van der Waals surface area contributed by atoms with Crippen molar-refractivity contribution in [2.75, 3.05) is 26.2 Å². The number of amides is 1. The third-order valence-electron chi connectivity index (χ3n) is 5.40. The molecular weight excluding hydrogens is 304 g/mol. The number of piperazine rings is 1. The molecule has 2 aromatic rings. The zero-order valence-electron chi connectivity index (χ0n) is 14.1. The van der Waals surface area contributed by atoms with Crippen LogP contribution in [0.3, 0.4) is 0 Å². The number of hydrogen-bond donors (Lipinski definition) is 1. The van der Waals surface area contributed by atoms with E-state index in [2.05, 4.69) is 4.90 Å². The van der Waals surface area contributed by atoms with Crippen LogP contribution < -0.4 is 0 Å². The fourth-order valence-corrected chi connectivity index (χ4v) is 4.03. The standard InChI is InChI=1S/C19H24N2O3/c1-13-5-6-17-14(11-13)12-18(24-17)19(23)21-9-7-20(8-10-21)15-3-2-4-16(15)22/h5-6,11-12,15-16,22H,2-4,7-10H2,1H3/t15-,16-/m1/s1. The van der Waals surface area contributed by atoms with Gasteiger partial charge in [0, 0.05) is 37.6 Å². The minimum absolute atomic E-state index is 0.0320. The molecule has 2 atom stereocenters. The van der Waals surface area contributed by atoms with Crippen molar-refractivity contribution in [1.82, 2.24) is 9.80 Å². The Bertz CT molecular complexity index is 746. The molecule has 1 saturated heterocycles. The third-order valence-corrected chi connectivity index (χ3v) is 5.40. The molecule has 5 heteroatoms. The van der Waals surface area contributed by atoms with Gasteiger partial charge < -0.3 is 14.4 Å². The van der Waals surface area contributed by atoms with Crippen LogP contribution in [0, 0.1) is 6.92 Å². The van der Waals surface area contributed by atoms with E-state index in [4.69, 9.17) is 4.42 Å². The summed E-state index contributed by atoms with van der Waals surface area (Å²) in [5.41, 5.74) is 1.92. The van der Waals surface area contributed by atoms with E-state index in [1.165, 1.54) is 0 Å². The van der Waals surface area contributed by atoms with Gasteiger partial charge >= 0.3 is 0 Å². The zero-order valence-corrected chi connectivity index (χ0v) is 14.1. The van der Waals surface area contributed by atoms with Gasteiger partial charge in [-0.2, -0.15) is 0 Å². The van der Waals surface area contributed by atoms with Crippen LogP contribution in [0.2, 0.25) is 0 Å². The van der Waals surface area contributed by atoms with Gasteiger partial charge in [-0.1, -0.05) is 11.6 Å². The predicted molar refractivity (Wildman–Crippen MR) is 92.1 cm³/mol. The van der Waals surface area contributed by atoms with Crippen LogP contribution >= 0.6 is 0 Å². The Morgan fingerprint density at radius 3 is 2.67 bits per heavy atom. The van der Waals surface area contributed by atoms with Crippen molar-refractivity contribution >= 4 is 16.9 Å². The van der Waals surface area contributed by atoms with Crippen LogP contribution in [-0.4, -0.2) is 59.1 Å². The van der Waals surface area contributed by atoms with Gasteiger partial charge in [-0.25, -0.2) is 0 Å². The Morgan fingerprint density at radius 1 is 1.17 bits per heavy atom. The van der Waals surface area contributed by atoms with Crippen LogP contribution in [0.1, 0.15) is 35.4 Å². The summed E-state index contributed by atoms with van der Waals surface area (Å²) in [7, 11) is 0. The Kier molecular flexibility index (Phi) is 4.06. The molecule has 1 aliphatic heterocycles. The smallest absolute Gasteiger partial charge is 0.289 e. The molecule has 2 fully saturated rings. The van der Waals surface area contributed by atoms with E-state index in [0.717, 1.165) is 48.9 Å². The van der Waals surface area contributed by atoms with E-state index in [1.54, 1.807) is 0 Å². The van der Waals surface area contributed by atoms with Crippen LogP contribution in [0.5, 0.6) is 0 Å². The Hall–Kier alpha value is -1.85. The Labute approximate surface area is 141 Å². The van der Waals surface area contributed by atoms with Gasteiger partial charge in [-0.15, -0.1) is 0 Å². The first-order valence-electron chi connectivity index (χ1n) is 8.83. The first kappa shape index (κ1) is 15.7. The lowest BCUT2D eigenvalue weighted by Gasteiger charge is -2.38. The average molecular weight is 328 g/mol. The molecule has 0 spiro atoms. The minimum atomic E-state index is -0.203. The Balaban J connectivity index is 1.43. The number of rotatable bonds is 2. The summed E-state index contributed by atoms with van der Waals surface area (Å²) in [6.45, 7) is 5.07. The van der Waals surface area contributed by atoms with E-state index in [9.17, 15) is 9.90 Å². The summed E-state index contributed by atoms with van der Waals surface area (Å²) in [5.74, 6) is 0.389. The van der Waals surface area contributed by atoms with Crippen molar-refractivity contribution in [1.29, 1.82) is 0 Å². The molecular formula is C19H24N2O3. The highest BCUT2D eigenvalue weighted by Crippen LogP contribution is 2.26. The highest BCUT2D eigenvalue weighted by molar-refractivity contribution is 5.96. The number of aryl methyl sites for hydroxylation is 1. The number of furan rings is 1. The van der Waals surface area contributed by atoms with Crippen LogP contribution in [0.4, 0.5) is 0 Å². The van der Waals surface area contributed by atoms with E-state index in [1.807, 2.05) is 36.1 Å². The second kappa shape index (κ2) is 6.22. The van der Waals surface area contributed by atoms with Gasteiger partial charge in [-0.05, 0) is 44.4 Å². The zero-order chi connectivity index (χ0) is 16.7. The molecule has 1 saturated carbocycles. The third kappa shape index (κ3) is 2.82. The predicted octanol–water partition coefficient (Wildman–Crippen LogP) is 2.41. The number of carbonyl (C=O) groups is 1. The number of aliphatic hydroxyl groups is 1. The quantitative estimate of drug-likeness (QED) is 0.920. The number of aliphatic hydroxyl groups excluding tert-OH is 1. The summed E-state index contributed by atoms with van der Waals surface area (Å²) >= 11 is 0. The second-order valence-corrected chi connectivity index (χ2v) is 7.05. The first-order valence-corrected chi connectivity index (χ1v) is 8.83. The summed E-state index contributed by atoms with van der Waals surface area (Å²) < 4.78 is 5.74. The average Bonchev–Trinajstić information content (AvgIpc) is 3.20. The molecule has 128 valence electrons. The first-order chi connectivity index (χ1) is 11.6. The number of carbonyl (C=O) groups excluding carboxylic acids is 1. The fourth-order valence-electron chi connectivity index (χ4n) is 4.03. The van der Waals surface area contributed by atoms with E-state index in [0.29, 0.717) is 18.8 Å². The molecule has 0 bridgehead atoms. The van der Waals surface area contributed by atoms with Crippen molar-refractivity contribution < 1.29 is 14.3 Å². The fraction of sp³-hybridized carbons (Fsp3) is 0.526.